The molecule has 3 aromatic rings. The molecule has 0 bridgehead atoms. The van der Waals surface area contributed by atoms with Crippen molar-refractivity contribution in [1.29, 1.82) is 0 Å². The first kappa shape index (κ1) is 17.1. The highest BCUT2D eigenvalue weighted by Crippen LogP contribution is 2.29. The molecule has 2 N–H and O–H groups in total. The zero-order chi connectivity index (χ0) is 17.5. The number of amides is 2. The molecule has 0 aliphatic carbocycles. The van der Waals surface area contributed by atoms with Gasteiger partial charge in [-0.15, -0.1) is 0 Å². The maximum atomic E-state index is 11.7. The number of nitrogens with one attached hydrogen (secondary N) is 2. The lowest BCUT2D eigenvalue weighted by molar-refractivity contribution is 0.252. The standard InChI is InChI=1S/C18H14ClN3O2S/c19-13-6-9-16(10-7-13)25-17-11-8-15(24-17)12-20-22-18(23)21-14-4-2-1-3-5-14/h1-12H,(H2,21,22,23). The van der Waals surface area contributed by atoms with E-state index in [9.17, 15) is 4.79 Å². The second kappa shape index (κ2) is 8.41. The highest BCUT2D eigenvalue weighted by molar-refractivity contribution is 7.99. The molecule has 0 aliphatic heterocycles. The van der Waals surface area contributed by atoms with Crippen LogP contribution in [0.4, 0.5) is 10.5 Å². The molecule has 1 heterocycles. The molecular weight excluding hydrogens is 358 g/mol. The Kier molecular flexibility index (Phi) is 5.77. The minimum Gasteiger partial charge on any atom is -0.448 e. The summed E-state index contributed by atoms with van der Waals surface area (Å²) in [5.41, 5.74) is 3.07. The average Bonchev–Trinajstić information content (AvgIpc) is 3.05. The molecule has 2 amide bonds. The van der Waals surface area contributed by atoms with Crippen LogP contribution in [0.3, 0.4) is 0 Å². The number of para-hydroxylation sites is 1. The fourth-order valence-electron chi connectivity index (χ4n) is 1.91. The number of carbonyl (C=O) groups is 1. The van der Waals surface area contributed by atoms with E-state index in [0.29, 0.717) is 16.5 Å². The monoisotopic (exact) mass is 371 g/mol. The zero-order valence-electron chi connectivity index (χ0n) is 13.0. The van der Waals surface area contributed by atoms with E-state index in [1.54, 1.807) is 18.2 Å². The summed E-state index contributed by atoms with van der Waals surface area (Å²) in [5.74, 6) is 0.538. The van der Waals surface area contributed by atoms with E-state index in [1.165, 1.54) is 18.0 Å². The molecule has 3 rings (SSSR count). The molecular formula is C18H14ClN3O2S. The first-order valence-corrected chi connectivity index (χ1v) is 8.57. The van der Waals surface area contributed by atoms with Gasteiger partial charge in [0, 0.05) is 15.6 Å². The SMILES string of the molecule is O=C(NN=Cc1ccc(Sc2ccc(Cl)cc2)o1)Nc1ccccc1. The van der Waals surface area contributed by atoms with Gasteiger partial charge in [-0.05, 0) is 48.5 Å². The molecule has 1 aromatic heterocycles. The third-order valence-electron chi connectivity index (χ3n) is 3.02. The third-order valence-corrected chi connectivity index (χ3v) is 4.20. The largest absolute Gasteiger partial charge is 0.448 e. The van der Waals surface area contributed by atoms with Gasteiger partial charge in [0.15, 0.2) is 5.09 Å². The maximum Gasteiger partial charge on any atom is 0.339 e. The van der Waals surface area contributed by atoms with Gasteiger partial charge in [-0.3, -0.25) is 0 Å². The lowest BCUT2D eigenvalue weighted by atomic mass is 10.3. The quantitative estimate of drug-likeness (QED) is 0.476. The Balaban J connectivity index is 1.51. The Morgan fingerprint density at radius 3 is 2.56 bits per heavy atom. The number of benzene rings is 2. The number of hydrazone groups is 1. The molecule has 5 nitrogen and oxygen atoms in total. The van der Waals surface area contributed by atoms with Crippen molar-refractivity contribution < 1.29 is 9.21 Å². The first-order valence-electron chi connectivity index (χ1n) is 7.37. The van der Waals surface area contributed by atoms with Crippen LogP contribution in [0, 0.1) is 0 Å². The Morgan fingerprint density at radius 1 is 1.04 bits per heavy atom. The van der Waals surface area contributed by atoms with E-state index in [2.05, 4.69) is 15.8 Å². The number of carbonyl (C=O) groups excluding carboxylic acids is 1. The van der Waals surface area contributed by atoms with Crippen molar-refractivity contribution in [2.24, 2.45) is 5.10 Å². The van der Waals surface area contributed by atoms with Gasteiger partial charge in [0.2, 0.25) is 0 Å². The lowest BCUT2D eigenvalue weighted by Crippen LogP contribution is -2.24. The summed E-state index contributed by atoms with van der Waals surface area (Å²) in [6, 6.07) is 19.8. The normalized spacial score (nSPS) is 10.8. The van der Waals surface area contributed by atoms with Crippen molar-refractivity contribution in [3.8, 4) is 0 Å². The number of anilines is 1. The first-order chi connectivity index (χ1) is 12.2. The van der Waals surface area contributed by atoms with Gasteiger partial charge in [-0.2, -0.15) is 5.10 Å². The van der Waals surface area contributed by atoms with E-state index in [0.717, 1.165) is 9.99 Å². The maximum absolute atomic E-state index is 11.7. The topological polar surface area (TPSA) is 66.6 Å². The van der Waals surface area contributed by atoms with Crippen LogP contribution in [0.5, 0.6) is 0 Å². The van der Waals surface area contributed by atoms with Crippen molar-refractivity contribution >= 4 is 41.3 Å². The van der Waals surface area contributed by atoms with Crippen molar-refractivity contribution in [1.82, 2.24) is 5.43 Å². The van der Waals surface area contributed by atoms with Crippen LogP contribution in [0.15, 0.2) is 86.2 Å². The van der Waals surface area contributed by atoms with Crippen LogP contribution in [0.25, 0.3) is 0 Å². The molecule has 0 fully saturated rings. The van der Waals surface area contributed by atoms with Crippen molar-refractivity contribution in [3.63, 3.8) is 0 Å². The molecule has 0 spiro atoms. The van der Waals surface area contributed by atoms with E-state index in [-0.39, 0.29) is 0 Å². The van der Waals surface area contributed by atoms with Crippen LogP contribution in [0.1, 0.15) is 5.76 Å². The summed E-state index contributed by atoms with van der Waals surface area (Å²) in [7, 11) is 0. The van der Waals surface area contributed by atoms with Gasteiger partial charge in [0.05, 0.1) is 6.21 Å². The fraction of sp³-hybridized carbons (Fsp3) is 0. The van der Waals surface area contributed by atoms with Crippen molar-refractivity contribution in [2.75, 3.05) is 5.32 Å². The van der Waals surface area contributed by atoms with E-state index < -0.39 is 6.03 Å². The smallest absolute Gasteiger partial charge is 0.339 e. The van der Waals surface area contributed by atoms with Gasteiger partial charge >= 0.3 is 6.03 Å². The van der Waals surface area contributed by atoms with Gasteiger partial charge < -0.3 is 9.73 Å². The fourth-order valence-corrected chi connectivity index (χ4v) is 2.82. The van der Waals surface area contributed by atoms with Gasteiger partial charge in [-0.25, -0.2) is 10.2 Å². The van der Waals surface area contributed by atoms with Crippen LogP contribution < -0.4 is 10.7 Å². The minimum atomic E-state index is -0.426. The van der Waals surface area contributed by atoms with Gasteiger partial charge in [0.25, 0.3) is 0 Å². The molecule has 7 heteroatoms. The summed E-state index contributed by atoms with van der Waals surface area (Å²) in [6.07, 6.45) is 1.44. The summed E-state index contributed by atoms with van der Waals surface area (Å²) < 4.78 is 5.63. The molecule has 126 valence electrons. The second-order valence-corrected chi connectivity index (χ2v) is 6.42. The molecule has 0 atom stereocenters. The van der Waals surface area contributed by atoms with Crippen LogP contribution >= 0.6 is 23.4 Å². The van der Waals surface area contributed by atoms with Crippen LogP contribution in [-0.4, -0.2) is 12.2 Å². The number of urea groups is 1. The molecule has 0 radical (unpaired) electrons. The van der Waals surface area contributed by atoms with Crippen LogP contribution in [0.2, 0.25) is 5.02 Å². The van der Waals surface area contributed by atoms with Gasteiger partial charge in [-0.1, -0.05) is 41.6 Å². The molecule has 2 aromatic carbocycles. The predicted molar refractivity (Wildman–Crippen MR) is 100 cm³/mol. The predicted octanol–water partition coefficient (Wildman–Crippen LogP) is 5.24. The summed E-state index contributed by atoms with van der Waals surface area (Å²) in [5, 5.41) is 7.93. The molecule has 0 saturated heterocycles. The Hall–Kier alpha value is -2.70. The highest BCUT2D eigenvalue weighted by atomic mass is 35.5. The molecule has 25 heavy (non-hydrogen) atoms. The van der Waals surface area contributed by atoms with Crippen molar-refractivity contribution in [3.05, 3.63) is 77.5 Å². The minimum absolute atomic E-state index is 0.426. The second-order valence-electron chi connectivity index (χ2n) is 4.90. The summed E-state index contributed by atoms with van der Waals surface area (Å²) in [4.78, 5) is 12.7. The number of nitrogens with zero attached hydrogens (tertiary/aromatic N) is 1. The number of furan rings is 1. The van der Waals surface area contributed by atoms with Gasteiger partial charge in [0.1, 0.15) is 5.76 Å². The third kappa shape index (κ3) is 5.41. The highest BCUT2D eigenvalue weighted by Gasteiger charge is 2.03. The van der Waals surface area contributed by atoms with E-state index in [1.807, 2.05) is 48.5 Å². The molecule has 0 unspecified atom stereocenters. The van der Waals surface area contributed by atoms with Crippen LogP contribution in [-0.2, 0) is 0 Å². The summed E-state index contributed by atoms with van der Waals surface area (Å²) >= 11 is 7.33. The molecule has 0 saturated carbocycles. The number of hydrogen-bond donors (Lipinski definition) is 2. The Bertz CT molecular complexity index is 864. The number of halogens is 1. The van der Waals surface area contributed by atoms with E-state index in [4.69, 9.17) is 16.0 Å². The van der Waals surface area contributed by atoms with E-state index >= 15 is 0 Å². The number of hydrogen-bond acceptors (Lipinski definition) is 4. The van der Waals surface area contributed by atoms with Crippen molar-refractivity contribution in [2.45, 2.75) is 9.99 Å². The summed E-state index contributed by atoms with van der Waals surface area (Å²) in [6.45, 7) is 0. The lowest BCUT2D eigenvalue weighted by Gasteiger charge is -2.02. The Morgan fingerprint density at radius 2 is 1.80 bits per heavy atom. The zero-order valence-corrected chi connectivity index (χ0v) is 14.6. The Labute approximate surface area is 154 Å². The number of rotatable bonds is 5. The average molecular weight is 372 g/mol. The molecule has 0 aliphatic rings.